The lowest BCUT2D eigenvalue weighted by Gasteiger charge is -2.20. The molecule has 0 fully saturated rings. The number of halogens is 1. The highest BCUT2D eigenvalue weighted by Gasteiger charge is 2.30. The highest BCUT2D eigenvalue weighted by Crippen LogP contribution is 2.29. The van der Waals surface area contributed by atoms with Crippen LogP contribution in [-0.2, 0) is 10.2 Å². The van der Waals surface area contributed by atoms with E-state index >= 15 is 0 Å². The Labute approximate surface area is 79.7 Å². The van der Waals surface area contributed by atoms with Gasteiger partial charge < -0.3 is 0 Å². The van der Waals surface area contributed by atoms with Crippen LogP contribution in [0.4, 0.5) is 4.39 Å². The molecule has 1 rings (SSSR count). The van der Waals surface area contributed by atoms with Crippen molar-refractivity contribution in [3.8, 4) is 0 Å². The summed E-state index contributed by atoms with van der Waals surface area (Å²) >= 11 is 0.955. The smallest absolute Gasteiger partial charge is 0.244 e. The van der Waals surface area contributed by atoms with E-state index in [-0.39, 0.29) is 11.0 Å². The van der Waals surface area contributed by atoms with E-state index in [1.807, 2.05) is 0 Å². The molecule has 1 aromatic rings. The predicted molar refractivity (Wildman–Crippen MR) is 49.6 cm³/mol. The summed E-state index contributed by atoms with van der Waals surface area (Å²) in [4.78, 5) is 12.0. The number of carbonyl (C=O) groups is 1. The topological polar surface area (TPSA) is 55.1 Å². The summed E-state index contributed by atoms with van der Waals surface area (Å²) in [5.41, 5.74) is 1.28. The monoisotopic (exact) mass is 202 g/mol. The minimum absolute atomic E-state index is 0.298. The van der Waals surface area contributed by atoms with Gasteiger partial charge in [0.2, 0.25) is 5.91 Å². The maximum Gasteiger partial charge on any atom is 0.244 e. The minimum atomic E-state index is -0.774. The molecule has 0 aliphatic carbocycles. The van der Waals surface area contributed by atoms with Crippen LogP contribution in [0.2, 0.25) is 0 Å². The van der Waals surface area contributed by atoms with Gasteiger partial charge in [0.15, 0.2) is 5.13 Å². The minimum Gasteiger partial charge on any atom is -0.293 e. The zero-order valence-corrected chi connectivity index (χ0v) is 8.24. The molecule has 0 saturated heterocycles. The fourth-order valence-corrected chi connectivity index (χ4v) is 1.77. The van der Waals surface area contributed by atoms with Gasteiger partial charge in [-0.15, -0.1) is 11.3 Å². The molecule has 0 unspecified atom stereocenters. The molecule has 3 nitrogen and oxygen atoms in total. The first kappa shape index (κ1) is 10.1. The number of hydrogen-bond donors (Lipinski definition) is 2. The lowest BCUT2D eigenvalue weighted by atomic mass is 9.91. The molecule has 0 radical (unpaired) electrons. The Balaban J connectivity index is 2.99. The molecule has 5 heteroatoms. The largest absolute Gasteiger partial charge is 0.293 e. The average molecular weight is 202 g/mol. The Kier molecular flexibility index (Phi) is 2.68. The molecule has 0 atom stereocenters. The SMILES string of the molecule is CC(C)(C(=O)NN)c1ccc(F)s1. The van der Waals surface area contributed by atoms with Gasteiger partial charge in [-0.1, -0.05) is 0 Å². The summed E-state index contributed by atoms with van der Waals surface area (Å²) in [6.07, 6.45) is 0. The van der Waals surface area contributed by atoms with Crippen LogP contribution in [0.25, 0.3) is 0 Å². The molecular formula is C8H11FN2OS. The Hall–Kier alpha value is -0.940. The van der Waals surface area contributed by atoms with Crippen LogP contribution < -0.4 is 11.3 Å². The van der Waals surface area contributed by atoms with Gasteiger partial charge in [0, 0.05) is 4.88 Å². The van der Waals surface area contributed by atoms with Gasteiger partial charge in [0.25, 0.3) is 0 Å². The molecule has 0 aliphatic heterocycles. The standard InChI is InChI=1S/C8H11FN2OS/c1-8(2,7(12)11-10)5-3-4-6(9)13-5/h3-4H,10H2,1-2H3,(H,11,12). The van der Waals surface area contributed by atoms with Gasteiger partial charge in [-0.2, -0.15) is 4.39 Å². The first-order valence-corrected chi connectivity index (χ1v) is 4.57. The Morgan fingerprint density at radius 3 is 2.62 bits per heavy atom. The fraction of sp³-hybridized carbons (Fsp3) is 0.375. The van der Waals surface area contributed by atoms with E-state index in [1.54, 1.807) is 19.9 Å². The van der Waals surface area contributed by atoms with E-state index < -0.39 is 5.41 Å². The molecule has 0 aromatic carbocycles. The third kappa shape index (κ3) is 1.87. The molecule has 1 aromatic heterocycles. The zero-order valence-electron chi connectivity index (χ0n) is 7.43. The highest BCUT2D eigenvalue weighted by atomic mass is 32.1. The van der Waals surface area contributed by atoms with Crippen molar-refractivity contribution in [1.82, 2.24) is 5.43 Å². The molecule has 1 heterocycles. The zero-order chi connectivity index (χ0) is 10.1. The highest BCUT2D eigenvalue weighted by molar-refractivity contribution is 7.10. The van der Waals surface area contributed by atoms with Crippen molar-refractivity contribution < 1.29 is 9.18 Å². The Bertz CT molecular complexity index is 322. The number of rotatable bonds is 2. The third-order valence-electron chi connectivity index (χ3n) is 1.89. The van der Waals surface area contributed by atoms with Crippen molar-refractivity contribution >= 4 is 17.2 Å². The first-order chi connectivity index (χ1) is 5.98. The third-order valence-corrected chi connectivity index (χ3v) is 3.09. The second-order valence-electron chi connectivity index (χ2n) is 3.20. The number of carbonyl (C=O) groups excluding carboxylic acids is 1. The molecule has 0 spiro atoms. The van der Waals surface area contributed by atoms with E-state index in [0.29, 0.717) is 4.88 Å². The molecule has 0 bridgehead atoms. The van der Waals surface area contributed by atoms with Crippen molar-refractivity contribution in [3.05, 3.63) is 22.1 Å². The van der Waals surface area contributed by atoms with Crippen LogP contribution in [0.5, 0.6) is 0 Å². The van der Waals surface area contributed by atoms with Crippen LogP contribution in [0.1, 0.15) is 18.7 Å². The summed E-state index contributed by atoms with van der Waals surface area (Å²) in [6.45, 7) is 3.39. The van der Waals surface area contributed by atoms with Crippen LogP contribution in [0, 0.1) is 5.13 Å². The van der Waals surface area contributed by atoms with Crippen molar-refractivity contribution in [2.24, 2.45) is 5.84 Å². The number of hydrazine groups is 1. The van der Waals surface area contributed by atoms with Gasteiger partial charge >= 0.3 is 0 Å². The number of thiophene rings is 1. The van der Waals surface area contributed by atoms with Crippen LogP contribution >= 0.6 is 11.3 Å². The molecular weight excluding hydrogens is 191 g/mol. The average Bonchev–Trinajstić information content (AvgIpc) is 2.50. The number of hydrogen-bond acceptors (Lipinski definition) is 3. The van der Waals surface area contributed by atoms with Gasteiger partial charge in [-0.05, 0) is 26.0 Å². The molecule has 13 heavy (non-hydrogen) atoms. The summed E-state index contributed by atoms with van der Waals surface area (Å²) < 4.78 is 12.7. The lowest BCUT2D eigenvalue weighted by molar-refractivity contribution is -0.125. The summed E-state index contributed by atoms with van der Waals surface area (Å²) in [6, 6.07) is 2.93. The fourth-order valence-electron chi connectivity index (χ4n) is 0.943. The predicted octanol–water partition coefficient (Wildman–Crippen LogP) is 1.15. The number of nitrogens with one attached hydrogen (secondary N) is 1. The van der Waals surface area contributed by atoms with Crippen LogP contribution in [0.3, 0.4) is 0 Å². The van der Waals surface area contributed by atoms with Crippen molar-refractivity contribution in [3.63, 3.8) is 0 Å². The lowest BCUT2D eigenvalue weighted by Crippen LogP contribution is -2.43. The summed E-state index contributed by atoms with van der Waals surface area (Å²) in [7, 11) is 0. The normalized spacial score (nSPS) is 11.4. The Morgan fingerprint density at radius 1 is 1.62 bits per heavy atom. The van der Waals surface area contributed by atoms with Crippen molar-refractivity contribution in [2.75, 3.05) is 0 Å². The van der Waals surface area contributed by atoms with E-state index in [0.717, 1.165) is 11.3 Å². The van der Waals surface area contributed by atoms with E-state index in [2.05, 4.69) is 5.43 Å². The van der Waals surface area contributed by atoms with Crippen LogP contribution in [0.15, 0.2) is 12.1 Å². The second kappa shape index (κ2) is 3.43. The van der Waals surface area contributed by atoms with Crippen LogP contribution in [-0.4, -0.2) is 5.91 Å². The van der Waals surface area contributed by atoms with Crippen molar-refractivity contribution in [1.29, 1.82) is 0 Å². The van der Waals surface area contributed by atoms with Gasteiger partial charge in [-0.25, -0.2) is 5.84 Å². The van der Waals surface area contributed by atoms with Gasteiger partial charge in [-0.3, -0.25) is 10.2 Å². The number of nitrogens with two attached hydrogens (primary N) is 1. The summed E-state index contributed by atoms with van der Waals surface area (Å²) in [5, 5.41) is -0.298. The molecule has 1 amide bonds. The van der Waals surface area contributed by atoms with E-state index in [9.17, 15) is 9.18 Å². The second-order valence-corrected chi connectivity index (χ2v) is 4.24. The molecule has 3 N–H and O–H groups in total. The van der Waals surface area contributed by atoms with E-state index in [1.165, 1.54) is 6.07 Å². The first-order valence-electron chi connectivity index (χ1n) is 3.75. The molecule has 0 saturated carbocycles. The maximum atomic E-state index is 12.7. The van der Waals surface area contributed by atoms with Gasteiger partial charge in [0.05, 0.1) is 5.41 Å². The molecule has 72 valence electrons. The number of amides is 1. The quantitative estimate of drug-likeness (QED) is 0.429. The summed E-state index contributed by atoms with van der Waals surface area (Å²) in [5.74, 6) is 4.69. The maximum absolute atomic E-state index is 12.7. The van der Waals surface area contributed by atoms with Crippen molar-refractivity contribution in [2.45, 2.75) is 19.3 Å². The van der Waals surface area contributed by atoms with E-state index in [4.69, 9.17) is 5.84 Å². The van der Waals surface area contributed by atoms with Gasteiger partial charge in [0.1, 0.15) is 0 Å². The molecule has 0 aliphatic rings. The Morgan fingerprint density at radius 2 is 2.23 bits per heavy atom.